The molecule has 2 N–H and O–H groups in total. The Kier molecular flexibility index (Phi) is 6.82. The summed E-state index contributed by atoms with van der Waals surface area (Å²) in [7, 11) is 0. The molecule has 0 aliphatic carbocycles. The molecule has 3 aromatic rings. The number of carbonyl (C=O) groups is 2. The quantitative estimate of drug-likeness (QED) is 0.609. The third-order valence-electron chi connectivity index (χ3n) is 4.37. The Morgan fingerprint density at radius 3 is 2.50 bits per heavy atom. The molecule has 0 aliphatic heterocycles. The Balaban J connectivity index is 1.82. The minimum atomic E-state index is -0.995. The van der Waals surface area contributed by atoms with E-state index in [1.165, 1.54) is 22.9 Å². The molecule has 0 saturated heterocycles. The van der Waals surface area contributed by atoms with Crippen LogP contribution in [0.5, 0.6) is 0 Å². The van der Waals surface area contributed by atoms with Crippen LogP contribution in [0.1, 0.15) is 32.2 Å². The molecule has 1 atom stereocenters. The van der Waals surface area contributed by atoms with Crippen molar-refractivity contribution in [2.24, 2.45) is 0 Å². The number of aryl methyl sites for hydroxylation is 1. The van der Waals surface area contributed by atoms with E-state index in [2.05, 4.69) is 26.2 Å². The summed E-state index contributed by atoms with van der Waals surface area (Å²) in [6.45, 7) is 6.87. The lowest BCUT2D eigenvalue weighted by Gasteiger charge is -2.23. The van der Waals surface area contributed by atoms with E-state index < -0.39 is 29.5 Å². The van der Waals surface area contributed by atoms with Crippen molar-refractivity contribution in [2.45, 2.75) is 45.8 Å². The van der Waals surface area contributed by atoms with Crippen molar-refractivity contribution in [3.63, 3.8) is 0 Å². The topological polar surface area (TPSA) is 111 Å². The van der Waals surface area contributed by atoms with Gasteiger partial charge in [0.2, 0.25) is 5.91 Å². The molecule has 32 heavy (non-hydrogen) atoms. The lowest BCUT2D eigenvalue weighted by atomic mass is 10.1. The average Bonchev–Trinajstić information content (AvgIpc) is 3.14. The monoisotopic (exact) mass is 440 g/mol. The van der Waals surface area contributed by atoms with Crippen LogP contribution in [0.2, 0.25) is 0 Å². The van der Waals surface area contributed by atoms with Gasteiger partial charge in [-0.25, -0.2) is 9.18 Å². The Bertz CT molecular complexity index is 1090. The fourth-order valence-corrected chi connectivity index (χ4v) is 2.94. The first kappa shape index (κ1) is 22.9. The van der Waals surface area contributed by atoms with Gasteiger partial charge in [-0.2, -0.15) is 4.68 Å². The summed E-state index contributed by atoms with van der Waals surface area (Å²) in [5.41, 5.74) is 0.500. The molecular weight excluding hydrogens is 415 g/mol. The standard InChI is InChI=1S/C22H25FN6O3/c1-14-26-27-28-29(14)16-10-11-17(23)18(13-16)24-20(30)19(12-15-8-6-5-7-9-15)25-21(31)32-22(2,3)4/h5-11,13,19H,12H2,1-4H3,(H,24,30)(H,25,31). The number of aromatic nitrogens is 4. The van der Waals surface area contributed by atoms with Gasteiger partial charge in [-0.15, -0.1) is 5.10 Å². The second kappa shape index (κ2) is 9.54. The molecule has 2 amide bonds. The Labute approximate surface area is 185 Å². The van der Waals surface area contributed by atoms with Crippen LogP contribution in [0.15, 0.2) is 48.5 Å². The zero-order valence-corrected chi connectivity index (χ0v) is 18.3. The predicted octanol–water partition coefficient (Wildman–Crippen LogP) is 3.18. The van der Waals surface area contributed by atoms with E-state index in [0.717, 1.165) is 5.56 Å². The van der Waals surface area contributed by atoms with Crippen LogP contribution in [0, 0.1) is 12.7 Å². The van der Waals surface area contributed by atoms with E-state index >= 15 is 0 Å². The molecule has 168 valence electrons. The highest BCUT2D eigenvalue weighted by molar-refractivity contribution is 5.97. The highest BCUT2D eigenvalue weighted by Gasteiger charge is 2.25. The molecule has 0 saturated carbocycles. The molecule has 0 bridgehead atoms. The van der Waals surface area contributed by atoms with Gasteiger partial charge in [-0.05, 0) is 61.9 Å². The lowest BCUT2D eigenvalue weighted by molar-refractivity contribution is -0.118. The second-order valence-electron chi connectivity index (χ2n) is 8.18. The normalized spacial score (nSPS) is 12.2. The summed E-state index contributed by atoms with van der Waals surface area (Å²) < 4.78 is 21.2. The molecule has 9 nitrogen and oxygen atoms in total. The number of benzene rings is 2. The number of hydrogen-bond acceptors (Lipinski definition) is 6. The van der Waals surface area contributed by atoms with Gasteiger partial charge in [0.05, 0.1) is 11.4 Å². The van der Waals surface area contributed by atoms with Gasteiger partial charge in [0.25, 0.3) is 0 Å². The average molecular weight is 440 g/mol. The summed E-state index contributed by atoms with van der Waals surface area (Å²) in [6.07, 6.45) is -0.550. The highest BCUT2D eigenvalue weighted by Crippen LogP contribution is 2.20. The molecule has 1 unspecified atom stereocenters. The third-order valence-corrected chi connectivity index (χ3v) is 4.37. The van der Waals surface area contributed by atoms with Gasteiger partial charge in [-0.3, -0.25) is 4.79 Å². The van der Waals surface area contributed by atoms with Gasteiger partial charge in [0.15, 0.2) is 5.82 Å². The van der Waals surface area contributed by atoms with Crippen LogP contribution in [0.4, 0.5) is 14.9 Å². The van der Waals surface area contributed by atoms with Gasteiger partial charge in [0.1, 0.15) is 17.5 Å². The first-order valence-electron chi connectivity index (χ1n) is 10.0. The highest BCUT2D eigenvalue weighted by atomic mass is 19.1. The van der Waals surface area contributed by atoms with Gasteiger partial charge >= 0.3 is 6.09 Å². The summed E-state index contributed by atoms with van der Waals surface area (Å²) in [6, 6.07) is 12.3. The first-order chi connectivity index (χ1) is 15.1. The van der Waals surface area contributed by atoms with Crippen LogP contribution in [0.3, 0.4) is 0 Å². The SMILES string of the molecule is Cc1nnnn1-c1ccc(F)c(NC(=O)C(Cc2ccccc2)NC(=O)OC(C)(C)C)c1. The molecule has 0 radical (unpaired) electrons. The zero-order chi connectivity index (χ0) is 23.3. The molecule has 0 spiro atoms. The summed E-state index contributed by atoms with van der Waals surface area (Å²) in [4.78, 5) is 25.4. The van der Waals surface area contributed by atoms with Crippen LogP contribution in [0.25, 0.3) is 5.69 Å². The lowest BCUT2D eigenvalue weighted by Crippen LogP contribution is -2.47. The summed E-state index contributed by atoms with van der Waals surface area (Å²) in [5.74, 6) is -0.727. The maximum atomic E-state index is 14.5. The van der Waals surface area contributed by atoms with Gasteiger partial charge < -0.3 is 15.4 Å². The smallest absolute Gasteiger partial charge is 0.408 e. The van der Waals surface area contributed by atoms with E-state index in [4.69, 9.17) is 4.74 Å². The number of nitrogens with zero attached hydrogens (tertiary/aromatic N) is 4. The second-order valence-corrected chi connectivity index (χ2v) is 8.18. The molecule has 2 aromatic carbocycles. The Morgan fingerprint density at radius 1 is 1.16 bits per heavy atom. The minimum Gasteiger partial charge on any atom is -0.444 e. The molecule has 1 heterocycles. The van der Waals surface area contributed by atoms with E-state index in [1.807, 2.05) is 30.3 Å². The zero-order valence-electron chi connectivity index (χ0n) is 18.3. The van der Waals surface area contributed by atoms with Crippen molar-refractivity contribution in [1.29, 1.82) is 0 Å². The van der Waals surface area contributed by atoms with Crippen LogP contribution >= 0.6 is 0 Å². The largest absolute Gasteiger partial charge is 0.444 e. The Hall–Kier alpha value is -3.82. The Morgan fingerprint density at radius 2 is 1.88 bits per heavy atom. The number of amides is 2. The fourth-order valence-electron chi connectivity index (χ4n) is 2.94. The number of rotatable bonds is 6. The number of alkyl carbamates (subject to hydrolysis) is 1. The van der Waals surface area contributed by atoms with Crippen molar-refractivity contribution in [1.82, 2.24) is 25.5 Å². The van der Waals surface area contributed by atoms with Crippen LogP contribution in [-0.4, -0.2) is 43.9 Å². The van der Waals surface area contributed by atoms with Gasteiger partial charge in [-0.1, -0.05) is 30.3 Å². The number of tetrazole rings is 1. The maximum absolute atomic E-state index is 14.5. The molecular formula is C22H25FN6O3. The van der Waals surface area contributed by atoms with E-state index in [9.17, 15) is 14.0 Å². The van der Waals surface area contributed by atoms with E-state index in [0.29, 0.717) is 11.5 Å². The van der Waals surface area contributed by atoms with E-state index in [-0.39, 0.29) is 12.1 Å². The molecule has 3 rings (SSSR count). The van der Waals surface area contributed by atoms with Crippen molar-refractivity contribution in [3.05, 3.63) is 65.7 Å². The van der Waals surface area contributed by atoms with Crippen molar-refractivity contribution in [3.8, 4) is 5.69 Å². The third kappa shape index (κ3) is 6.10. The number of anilines is 1. The summed E-state index contributed by atoms with van der Waals surface area (Å²) >= 11 is 0. The van der Waals surface area contributed by atoms with Crippen molar-refractivity contribution >= 4 is 17.7 Å². The first-order valence-corrected chi connectivity index (χ1v) is 10.0. The molecule has 0 aliphatic rings. The minimum absolute atomic E-state index is 0.0635. The summed E-state index contributed by atoms with van der Waals surface area (Å²) in [5, 5.41) is 16.4. The number of hydrogen-bond donors (Lipinski definition) is 2. The van der Waals surface area contributed by atoms with Crippen LogP contribution < -0.4 is 10.6 Å². The number of carbonyl (C=O) groups excluding carboxylic acids is 2. The predicted molar refractivity (Wildman–Crippen MR) is 116 cm³/mol. The number of halogens is 1. The number of ether oxygens (including phenoxy) is 1. The number of nitrogens with one attached hydrogen (secondary N) is 2. The van der Waals surface area contributed by atoms with E-state index in [1.54, 1.807) is 27.7 Å². The molecule has 10 heteroatoms. The van der Waals surface area contributed by atoms with Crippen molar-refractivity contribution in [2.75, 3.05) is 5.32 Å². The molecule has 0 fully saturated rings. The van der Waals surface area contributed by atoms with Crippen LogP contribution in [-0.2, 0) is 16.0 Å². The van der Waals surface area contributed by atoms with Crippen molar-refractivity contribution < 1.29 is 18.7 Å². The maximum Gasteiger partial charge on any atom is 0.408 e. The molecule has 1 aromatic heterocycles. The fraction of sp³-hybridized carbons (Fsp3) is 0.318. The van der Waals surface area contributed by atoms with Gasteiger partial charge in [0, 0.05) is 6.42 Å².